The van der Waals surface area contributed by atoms with Gasteiger partial charge in [0.1, 0.15) is 0 Å². The third kappa shape index (κ3) is 2.11. The first-order chi connectivity index (χ1) is 9.29. The Kier molecular flexibility index (Phi) is 3.42. The first-order valence-corrected chi connectivity index (χ1v) is 7.51. The molecule has 3 rings (SSSR count). The molecule has 19 heavy (non-hydrogen) atoms. The first kappa shape index (κ1) is 12.8. The maximum atomic E-state index is 5.46. The molecule has 1 atom stereocenters. The van der Waals surface area contributed by atoms with Crippen LogP contribution in [-0.2, 0) is 0 Å². The van der Waals surface area contributed by atoms with E-state index in [1.165, 1.54) is 50.5 Å². The van der Waals surface area contributed by atoms with Crippen molar-refractivity contribution in [1.82, 2.24) is 0 Å². The predicted molar refractivity (Wildman–Crippen MR) is 77.0 cm³/mol. The van der Waals surface area contributed by atoms with Gasteiger partial charge < -0.3 is 9.47 Å². The maximum Gasteiger partial charge on any atom is 0.160 e. The second-order valence-electron chi connectivity index (χ2n) is 6.13. The summed E-state index contributed by atoms with van der Waals surface area (Å²) in [5.41, 5.74) is 2.05. The number of methoxy groups -OCH3 is 2. The molecule has 0 N–H and O–H groups in total. The summed E-state index contributed by atoms with van der Waals surface area (Å²) < 4.78 is 10.8. The van der Waals surface area contributed by atoms with E-state index in [1.54, 1.807) is 14.2 Å². The van der Waals surface area contributed by atoms with Crippen LogP contribution in [-0.4, -0.2) is 14.2 Å². The number of benzene rings is 1. The summed E-state index contributed by atoms with van der Waals surface area (Å²) in [7, 11) is 3.42. The monoisotopic (exact) mass is 260 g/mol. The van der Waals surface area contributed by atoms with Crippen LogP contribution in [0.4, 0.5) is 0 Å². The van der Waals surface area contributed by atoms with Crippen molar-refractivity contribution in [2.75, 3.05) is 14.2 Å². The lowest BCUT2D eigenvalue weighted by Gasteiger charge is -2.32. The fourth-order valence-electron chi connectivity index (χ4n) is 4.41. The number of rotatable bonds is 3. The molecule has 0 radical (unpaired) electrons. The lowest BCUT2D eigenvalue weighted by atomic mass is 9.73. The minimum Gasteiger partial charge on any atom is -0.493 e. The lowest BCUT2D eigenvalue weighted by Crippen LogP contribution is -2.20. The van der Waals surface area contributed by atoms with Gasteiger partial charge in [0.05, 0.1) is 14.2 Å². The van der Waals surface area contributed by atoms with Gasteiger partial charge in [-0.3, -0.25) is 0 Å². The van der Waals surface area contributed by atoms with Gasteiger partial charge in [0.25, 0.3) is 0 Å². The largest absolute Gasteiger partial charge is 0.493 e. The van der Waals surface area contributed by atoms with Crippen LogP contribution in [0.25, 0.3) is 0 Å². The SMILES string of the molecule is COc1ccc(C2CCCC23CCCC3)cc1OC. The maximum absolute atomic E-state index is 5.46. The smallest absolute Gasteiger partial charge is 0.160 e. The fourth-order valence-corrected chi connectivity index (χ4v) is 4.41. The molecule has 0 aromatic heterocycles. The van der Waals surface area contributed by atoms with Gasteiger partial charge in [-0.2, -0.15) is 0 Å². The molecule has 1 aromatic rings. The van der Waals surface area contributed by atoms with Crippen LogP contribution in [0.1, 0.15) is 56.4 Å². The Morgan fingerprint density at radius 1 is 0.947 bits per heavy atom. The van der Waals surface area contributed by atoms with E-state index in [2.05, 4.69) is 18.2 Å². The number of hydrogen-bond donors (Lipinski definition) is 0. The molecule has 2 aliphatic carbocycles. The van der Waals surface area contributed by atoms with Crippen molar-refractivity contribution in [3.05, 3.63) is 23.8 Å². The average molecular weight is 260 g/mol. The minimum absolute atomic E-state index is 0.597. The van der Waals surface area contributed by atoms with Crippen molar-refractivity contribution in [1.29, 1.82) is 0 Å². The van der Waals surface area contributed by atoms with Crippen LogP contribution in [0.15, 0.2) is 18.2 Å². The number of hydrogen-bond acceptors (Lipinski definition) is 2. The van der Waals surface area contributed by atoms with E-state index in [0.717, 1.165) is 17.4 Å². The number of ether oxygens (including phenoxy) is 2. The Morgan fingerprint density at radius 3 is 2.32 bits per heavy atom. The second-order valence-corrected chi connectivity index (χ2v) is 6.13. The molecule has 0 aliphatic heterocycles. The normalized spacial score (nSPS) is 24.8. The van der Waals surface area contributed by atoms with E-state index >= 15 is 0 Å². The molecule has 0 amide bonds. The molecule has 1 spiro atoms. The molecule has 2 saturated carbocycles. The van der Waals surface area contributed by atoms with Crippen molar-refractivity contribution in [2.45, 2.75) is 50.9 Å². The summed E-state index contributed by atoms with van der Waals surface area (Å²) in [5.74, 6) is 2.44. The van der Waals surface area contributed by atoms with E-state index in [0.29, 0.717) is 5.41 Å². The molecule has 0 saturated heterocycles. The minimum atomic E-state index is 0.597. The van der Waals surface area contributed by atoms with Crippen LogP contribution in [0.5, 0.6) is 11.5 Å². The highest BCUT2D eigenvalue weighted by Crippen LogP contribution is 2.58. The lowest BCUT2D eigenvalue weighted by molar-refractivity contribution is 0.267. The van der Waals surface area contributed by atoms with Crippen molar-refractivity contribution in [3.63, 3.8) is 0 Å². The van der Waals surface area contributed by atoms with Crippen LogP contribution < -0.4 is 9.47 Å². The average Bonchev–Trinajstić information content (AvgIpc) is 3.09. The zero-order valence-electron chi connectivity index (χ0n) is 12.1. The van der Waals surface area contributed by atoms with Crippen LogP contribution >= 0.6 is 0 Å². The molecule has 1 unspecified atom stereocenters. The van der Waals surface area contributed by atoms with E-state index in [-0.39, 0.29) is 0 Å². The highest BCUT2D eigenvalue weighted by atomic mass is 16.5. The van der Waals surface area contributed by atoms with Crippen molar-refractivity contribution < 1.29 is 9.47 Å². The molecule has 2 nitrogen and oxygen atoms in total. The van der Waals surface area contributed by atoms with Gasteiger partial charge in [-0.05, 0) is 54.7 Å². The molecule has 104 valence electrons. The Bertz CT molecular complexity index is 441. The summed E-state index contributed by atoms with van der Waals surface area (Å²) in [5, 5.41) is 0. The highest BCUT2D eigenvalue weighted by Gasteiger charge is 2.45. The first-order valence-electron chi connectivity index (χ1n) is 7.51. The Morgan fingerprint density at radius 2 is 1.63 bits per heavy atom. The Balaban J connectivity index is 1.93. The van der Waals surface area contributed by atoms with Gasteiger partial charge >= 0.3 is 0 Å². The molecule has 1 aromatic carbocycles. The van der Waals surface area contributed by atoms with Gasteiger partial charge in [-0.15, -0.1) is 0 Å². The fraction of sp³-hybridized carbons (Fsp3) is 0.647. The van der Waals surface area contributed by atoms with Crippen molar-refractivity contribution >= 4 is 0 Å². The standard InChI is InChI=1S/C17H24O2/c1-18-15-8-7-13(12-16(15)19-2)14-6-5-11-17(14)9-3-4-10-17/h7-8,12,14H,3-6,9-11H2,1-2H3. The second kappa shape index (κ2) is 5.07. The molecule has 2 aliphatic rings. The van der Waals surface area contributed by atoms with Gasteiger partial charge in [0.2, 0.25) is 0 Å². The van der Waals surface area contributed by atoms with E-state index in [4.69, 9.17) is 9.47 Å². The van der Waals surface area contributed by atoms with Crippen LogP contribution in [0.3, 0.4) is 0 Å². The van der Waals surface area contributed by atoms with Crippen molar-refractivity contribution in [3.8, 4) is 11.5 Å². The zero-order valence-corrected chi connectivity index (χ0v) is 12.1. The van der Waals surface area contributed by atoms with E-state index in [9.17, 15) is 0 Å². The van der Waals surface area contributed by atoms with Gasteiger partial charge in [-0.1, -0.05) is 25.3 Å². The van der Waals surface area contributed by atoms with Crippen LogP contribution in [0, 0.1) is 5.41 Å². The summed E-state index contributed by atoms with van der Waals surface area (Å²) in [6.45, 7) is 0. The topological polar surface area (TPSA) is 18.5 Å². The predicted octanol–water partition coefficient (Wildman–Crippen LogP) is 4.53. The summed E-state index contributed by atoms with van der Waals surface area (Å²) in [4.78, 5) is 0. The molecule has 0 bridgehead atoms. The summed E-state index contributed by atoms with van der Waals surface area (Å²) in [6, 6.07) is 6.52. The van der Waals surface area contributed by atoms with E-state index < -0.39 is 0 Å². The Labute approximate surface area is 116 Å². The van der Waals surface area contributed by atoms with Gasteiger partial charge in [0.15, 0.2) is 11.5 Å². The summed E-state index contributed by atoms with van der Waals surface area (Å²) in [6.07, 6.45) is 9.84. The quantitative estimate of drug-likeness (QED) is 0.794. The Hall–Kier alpha value is -1.18. The van der Waals surface area contributed by atoms with Gasteiger partial charge in [-0.25, -0.2) is 0 Å². The third-order valence-electron chi connectivity index (χ3n) is 5.32. The zero-order chi connectivity index (χ0) is 13.3. The molecule has 2 heteroatoms. The molecule has 2 fully saturated rings. The van der Waals surface area contributed by atoms with Crippen LogP contribution in [0.2, 0.25) is 0 Å². The molecule has 0 heterocycles. The third-order valence-corrected chi connectivity index (χ3v) is 5.32. The van der Waals surface area contributed by atoms with E-state index in [1.807, 2.05) is 0 Å². The highest BCUT2D eigenvalue weighted by molar-refractivity contribution is 5.44. The van der Waals surface area contributed by atoms with Crippen molar-refractivity contribution in [2.24, 2.45) is 5.41 Å². The molecular formula is C17H24O2. The molecular weight excluding hydrogens is 236 g/mol. The van der Waals surface area contributed by atoms with Gasteiger partial charge in [0, 0.05) is 0 Å². The summed E-state index contributed by atoms with van der Waals surface area (Å²) >= 11 is 0.